The van der Waals surface area contributed by atoms with Gasteiger partial charge in [-0.15, -0.1) is 11.3 Å². The predicted molar refractivity (Wildman–Crippen MR) is 89.7 cm³/mol. The maximum atomic E-state index is 6.18. The summed E-state index contributed by atoms with van der Waals surface area (Å²) >= 11 is 1.93. The van der Waals surface area contributed by atoms with Crippen molar-refractivity contribution in [1.29, 1.82) is 0 Å². The highest BCUT2D eigenvalue weighted by Crippen LogP contribution is 2.36. The zero-order valence-corrected chi connectivity index (χ0v) is 14.5. The molecule has 21 heavy (non-hydrogen) atoms. The Bertz CT molecular complexity index is 466. The van der Waals surface area contributed by atoms with Gasteiger partial charge in [0.1, 0.15) is 0 Å². The third-order valence-electron chi connectivity index (χ3n) is 4.97. The lowest BCUT2D eigenvalue weighted by molar-refractivity contribution is -0.00563. The van der Waals surface area contributed by atoms with Gasteiger partial charge < -0.3 is 10.1 Å². The monoisotopic (exact) mass is 307 g/mol. The van der Waals surface area contributed by atoms with Crippen molar-refractivity contribution < 1.29 is 4.74 Å². The number of aryl methyl sites for hydroxylation is 1. The molecule has 2 aliphatic carbocycles. The molecule has 0 amide bonds. The van der Waals surface area contributed by atoms with Gasteiger partial charge in [0, 0.05) is 22.3 Å². The number of ether oxygens (including phenoxy) is 1. The molecule has 0 spiro atoms. The molecule has 2 fully saturated rings. The Balaban J connectivity index is 1.46. The SMILES string of the molecule is Cc1sc(CNC2CC2)cc1COC1CCC(C)(C)CC1. The maximum Gasteiger partial charge on any atom is 0.0731 e. The Labute approximate surface area is 133 Å². The van der Waals surface area contributed by atoms with Gasteiger partial charge in [0.15, 0.2) is 0 Å². The van der Waals surface area contributed by atoms with Crippen molar-refractivity contribution in [1.82, 2.24) is 5.32 Å². The quantitative estimate of drug-likeness (QED) is 0.815. The summed E-state index contributed by atoms with van der Waals surface area (Å²) in [5.41, 5.74) is 1.93. The van der Waals surface area contributed by atoms with E-state index in [0.717, 1.165) is 19.2 Å². The van der Waals surface area contributed by atoms with Crippen molar-refractivity contribution in [2.24, 2.45) is 5.41 Å². The van der Waals surface area contributed by atoms with Crippen LogP contribution in [0.2, 0.25) is 0 Å². The summed E-state index contributed by atoms with van der Waals surface area (Å²) in [6.07, 6.45) is 8.26. The van der Waals surface area contributed by atoms with Crippen LogP contribution in [0, 0.1) is 12.3 Å². The lowest BCUT2D eigenvalue weighted by Gasteiger charge is -2.34. The van der Waals surface area contributed by atoms with E-state index in [1.807, 2.05) is 11.3 Å². The van der Waals surface area contributed by atoms with Gasteiger partial charge in [-0.2, -0.15) is 0 Å². The first kappa shape index (κ1) is 15.5. The van der Waals surface area contributed by atoms with Gasteiger partial charge in [-0.25, -0.2) is 0 Å². The van der Waals surface area contributed by atoms with E-state index < -0.39 is 0 Å². The van der Waals surface area contributed by atoms with Crippen molar-refractivity contribution in [2.75, 3.05) is 0 Å². The molecule has 0 radical (unpaired) electrons. The van der Waals surface area contributed by atoms with Crippen LogP contribution in [0.1, 0.15) is 67.7 Å². The molecule has 2 aliphatic rings. The summed E-state index contributed by atoms with van der Waals surface area (Å²) in [5.74, 6) is 0. The molecule has 0 bridgehead atoms. The molecule has 2 saturated carbocycles. The first-order valence-corrected chi connectivity index (χ1v) is 9.27. The van der Waals surface area contributed by atoms with Crippen LogP contribution in [-0.2, 0) is 17.9 Å². The highest BCUT2D eigenvalue weighted by Gasteiger charge is 2.27. The van der Waals surface area contributed by atoms with Crippen LogP contribution in [0.5, 0.6) is 0 Å². The van der Waals surface area contributed by atoms with Gasteiger partial charge in [-0.1, -0.05) is 13.8 Å². The van der Waals surface area contributed by atoms with E-state index in [1.54, 1.807) is 0 Å². The molecule has 3 heteroatoms. The molecule has 118 valence electrons. The minimum atomic E-state index is 0.477. The largest absolute Gasteiger partial charge is 0.374 e. The van der Waals surface area contributed by atoms with Crippen LogP contribution in [0.15, 0.2) is 6.07 Å². The lowest BCUT2D eigenvalue weighted by Crippen LogP contribution is -2.26. The second-order valence-electron chi connectivity index (χ2n) is 7.62. The zero-order valence-electron chi connectivity index (χ0n) is 13.7. The molecule has 0 aliphatic heterocycles. The second kappa shape index (κ2) is 6.39. The van der Waals surface area contributed by atoms with Gasteiger partial charge in [0.2, 0.25) is 0 Å². The molecule has 1 heterocycles. The molecule has 0 saturated heterocycles. The van der Waals surface area contributed by atoms with Crippen molar-refractivity contribution in [3.05, 3.63) is 21.4 Å². The fourth-order valence-corrected chi connectivity index (χ4v) is 4.10. The van der Waals surface area contributed by atoms with Crippen LogP contribution >= 0.6 is 11.3 Å². The Morgan fingerprint density at radius 2 is 1.95 bits per heavy atom. The minimum absolute atomic E-state index is 0.477. The number of hydrogen-bond acceptors (Lipinski definition) is 3. The van der Waals surface area contributed by atoms with Gasteiger partial charge in [-0.05, 0) is 62.5 Å². The molecule has 0 atom stereocenters. The van der Waals surface area contributed by atoms with E-state index in [4.69, 9.17) is 4.74 Å². The summed E-state index contributed by atoms with van der Waals surface area (Å²) in [6.45, 7) is 8.83. The predicted octanol–water partition coefficient (Wildman–Crippen LogP) is 4.79. The molecular formula is C18H29NOS. The summed E-state index contributed by atoms with van der Waals surface area (Å²) < 4.78 is 6.18. The normalized spacial score (nSPS) is 22.6. The molecule has 1 aromatic heterocycles. The van der Waals surface area contributed by atoms with Gasteiger partial charge in [0.05, 0.1) is 12.7 Å². The highest BCUT2D eigenvalue weighted by atomic mass is 32.1. The van der Waals surface area contributed by atoms with Crippen molar-refractivity contribution in [2.45, 2.75) is 84.6 Å². The Morgan fingerprint density at radius 3 is 2.62 bits per heavy atom. The Morgan fingerprint density at radius 1 is 1.24 bits per heavy atom. The van der Waals surface area contributed by atoms with Gasteiger partial charge >= 0.3 is 0 Å². The van der Waals surface area contributed by atoms with Crippen LogP contribution in [0.3, 0.4) is 0 Å². The van der Waals surface area contributed by atoms with Gasteiger partial charge in [-0.3, -0.25) is 0 Å². The molecule has 1 N–H and O–H groups in total. The average molecular weight is 308 g/mol. The van der Waals surface area contributed by atoms with E-state index in [2.05, 4.69) is 32.2 Å². The van der Waals surface area contributed by atoms with E-state index in [0.29, 0.717) is 11.5 Å². The number of hydrogen-bond donors (Lipinski definition) is 1. The fourth-order valence-electron chi connectivity index (χ4n) is 3.10. The molecule has 0 unspecified atom stereocenters. The molecular weight excluding hydrogens is 278 g/mol. The van der Waals surface area contributed by atoms with E-state index in [-0.39, 0.29) is 0 Å². The molecule has 0 aromatic carbocycles. The van der Waals surface area contributed by atoms with Gasteiger partial charge in [0.25, 0.3) is 0 Å². The molecule has 3 rings (SSSR count). The smallest absolute Gasteiger partial charge is 0.0731 e. The number of rotatable bonds is 6. The third-order valence-corrected chi connectivity index (χ3v) is 6.07. The second-order valence-corrected chi connectivity index (χ2v) is 8.96. The lowest BCUT2D eigenvalue weighted by atomic mass is 9.76. The zero-order chi connectivity index (χ0) is 14.9. The van der Waals surface area contributed by atoms with Crippen molar-refractivity contribution in [3.63, 3.8) is 0 Å². The first-order chi connectivity index (χ1) is 10.0. The standard InChI is InChI=1S/C18H29NOS/c1-13-14(10-17(21-13)11-19-15-4-5-15)12-20-16-6-8-18(2,3)9-7-16/h10,15-16,19H,4-9,11-12H2,1-3H3. The van der Waals surface area contributed by atoms with Crippen molar-refractivity contribution in [3.8, 4) is 0 Å². The molecule has 1 aromatic rings. The van der Waals surface area contributed by atoms with E-state index >= 15 is 0 Å². The highest BCUT2D eigenvalue weighted by molar-refractivity contribution is 7.12. The van der Waals surface area contributed by atoms with Crippen LogP contribution < -0.4 is 5.32 Å². The minimum Gasteiger partial charge on any atom is -0.374 e. The number of nitrogens with one attached hydrogen (secondary N) is 1. The average Bonchev–Trinajstić information content (AvgIpc) is 3.20. The summed E-state index contributed by atoms with van der Waals surface area (Å²) in [4.78, 5) is 2.89. The Hall–Kier alpha value is -0.380. The molecule has 2 nitrogen and oxygen atoms in total. The van der Waals surface area contributed by atoms with Crippen LogP contribution in [0.25, 0.3) is 0 Å². The Kier molecular flexibility index (Phi) is 4.72. The maximum absolute atomic E-state index is 6.18. The van der Waals surface area contributed by atoms with E-state index in [9.17, 15) is 0 Å². The first-order valence-electron chi connectivity index (χ1n) is 8.45. The summed E-state index contributed by atoms with van der Waals surface area (Å²) in [6, 6.07) is 3.14. The summed E-state index contributed by atoms with van der Waals surface area (Å²) in [5, 5.41) is 3.60. The summed E-state index contributed by atoms with van der Waals surface area (Å²) in [7, 11) is 0. The topological polar surface area (TPSA) is 21.3 Å². The van der Waals surface area contributed by atoms with Crippen LogP contribution in [0.4, 0.5) is 0 Å². The van der Waals surface area contributed by atoms with E-state index in [1.165, 1.54) is 53.8 Å². The third kappa shape index (κ3) is 4.54. The van der Waals surface area contributed by atoms with Crippen LogP contribution in [-0.4, -0.2) is 12.1 Å². The number of thiophene rings is 1. The fraction of sp³-hybridized carbons (Fsp3) is 0.778. The van der Waals surface area contributed by atoms with Crippen molar-refractivity contribution >= 4 is 11.3 Å².